The van der Waals surface area contributed by atoms with Gasteiger partial charge in [-0.2, -0.15) is 10.2 Å². The van der Waals surface area contributed by atoms with E-state index in [2.05, 4.69) is 16.1 Å². The topological polar surface area (TPSA) is 60.2 Å². The molecule has 0 bridgehead atoms. The highest BCUT2D eigenvalue weighted by molar-refractivity contribution is 5.89. The first kappa shape index (κ1) is 24.1. The van der Waals surface area contributed by atoms with Crippen LogP contribution in [0.2, 0.25) is 0 Å². The first-order valence-electron chi connectivity index (χ1n) is 11.1. The highest BCUT2D eigenvalue weighted by Crippen LogP contribution is 2.22. The number of azo groups is 1. The number of unbranched alkanes of at least 4 members (excludes halogenated alkanes) is 7. The van der Waals surface area contributed by atoms with Gasteiger partial charge in [0.2, 0.25) is 0 Å². The molecule has 0 radical (unpaired) electrons. The number of hydrogen-bond acceptors (Lipinski definition) is 5. The zero-order valence-electron chi connectivity index (χ0n) is 18.4. The van der Waals surface area contributed by atoms with Crippen molar-refractivity contribution < 1.29 is 14.3 Å². The number of esters is 1. The van der Waals surface area contributed by atoms with Crippen molar-refractivity contribution in [2.45, 2.75) is 58.3 Å². The third-order valence-electron chi connectivity index (χ3n) is 4.73. The van der Waals surface area contributed by atoms with Gasteiger partial charge in [0.1, 0.15) is 5.75 Å². The summed E-state index contributed by atoms with van der Waals surface area (Å²) in [5.41, 5.74) is 1.92. The average Bonchev–Trinajstić information content (AvgIpc) is 2.80. The molecule has 0 atom stereocenters. The monoisotopic (exact) mass is 420 g/mol. The Balaban J connectivity index is 1.65. The minimum Gasteiger partial charge on any atom is -0.494 e. The van der Waals surface area contributed by atoms with Crippen LogP contribution in [0.3, 0.4) is 0 Å². The molecule has 0 fully saturated rings. The van der Waals surface area contributed by atoms with Crippen LogP contribution in [0, 0.1) is 12.3 Å². The second-order valence-corrected chi connectivity index (χ2v) is 7.24. The van der Waals surface area contributed by atoms with Crippen LogP contribution in [0.15, 0.2) is 58.8 Å². The molecule has 0 unspecified atom stereocenters. The number of benzene rings is 2. The van der Waals surface area contributed by atoms with Gasteiger partial charge in [0, 0.05) is 6.42 Å². The lowest BCUT2D eigenvalue weighted by molar-refractivity contribution is 0.0526. The molecule has 2 rings (SSSR count). The van der Waals surface area contributed by atoms with Crippen LogP contribution >= 0.6 is 0 Å². The quantitative estimate of drug-likeness (QED) is 0.138. The molecule has 0 saturated heterocycles. The molecule has 0 aromatic heterocycles. The molecule has 0 amide bonds. The lowest BCUT2D eigenvalue weighted by atomic mass is 10.1. The second-order valence-electron chi connectivity index (χ2n) is 7.24. The van der Waals surface area contributed by atoms with Crippen LogP contribution in [0.5, 0.6) is 5.75 Å². The molecule has 0 spiro atoms. The van der Waals surface area contributed by atoms with E-state index in [1.807, 2.05) is 24.3 Å². The molecule has 164 valence electrons. The van der Waals surface area contributed by atoms with Crippen LogP contribution in [0.25, 0.3) is 0 Å². The van der Waals surface area contributed by atoms with Crippen LogP contribution in [0.1, 0.15) is 68.6 Å². The number of nitrogens with zero attached hydrogens (tertiary/aromatic N) is 2. The van der Waals surface area contributed by atoms with Gasteiger partial charge in [0.05, 0.1) is 30.2 Å². The molecular formula is C26H32N2O3. The number of carbonyl (C=O) groups is 1. The number of rotatable bonds is 14. The largest absolute Gasteiger partial charge is 0.494 e. The van der Waals surface area contributed by atoms with Gasteiger partial charge < -0.3 is 9.47 Å². The Morgan fingerprint density at radius 1 is 0.839 bits per heavy atom. The first-order chi connectivity index (χ1) is 15.2. The molecule has 2 aromatic carbocycles. The van der Waals surface area contributed by atoms with Gasteiger partial charge in [0.25, 0.3) is 0 Å². The van der Waals surface area contributed by atoms with Gasteiger partial charge >= 0.3 is 5.97 Å². The Bertz CT molecular complexity index is 836. The summed E-state index contributed by atoms with van der Waals surface area (Å²) in [6, 6.07) is 14.4. The predicted molar refractivity (Wildman–Crippen MR) is 124 cm³/mol. The minimum absolute atomic E-state index is 0.335. The number of hydrogen-bond donors (Lipinski definition) is 0. The molecule has 5 nitrogen and oxygen atoms in total. The number of carbonyl (C=O) groups excluding carboxylic acids is 1. The summed E-state index contributed by atoms with van der Waals surface area (Å²) in [4.78, 5) is 11.7. The summed E-state index contributed by atoms with van der Waals surface area (Å²) in [7, 11) is 0. The SMILES string of the molecule is C#CCCCCCCCCCOc1ccc(N=Nc2ccc(C(=O)OCC)cc2)cc1. The van der Waals surface area contributed by atoms with E-state index >= 15 is 0 Å². The van der Waals surface area contributed by atoms with E-state index in [0.29, 0.717) is 17.9 Å². The lowest BCUT2D eigenvalue weighted by Crippen LogP contribution is -2.03. The van der Waals surface area contributed by atoms with Crippen LogP contribution < -0.4 is 4.74 Å². The van der Waals surface area contributed by atoms with Gasteiger partial charge in [-0.25, -0.2) is 4.79 Å². The van der Waals surface area contributed by atoms with Crippen molar-refractivity contribution in [1.29, 1.82) is 0 Å². The van der Waals surface area contributed by atoms with Crippen molar-refractivity contribution in [2.24, 2.45) is 10.2 Å². The van der Waals surface area contributed by atoms with Crippen LogP contribution in [0.4, 0.5) is 11.4 Å². The molecule has 0 aliphatic heterocycles. The third kappa shape index (κ3) is 9.95. The van der Waals surface area contributed by atoms with Crippen molar-refractivity contribution in [2.75, 3.05) is 13.2 Å². The first-order valence-corrected chi connectivity index (χ1v) is 11.1. The Hall–Kier alpha value is -3.13. The molecular weight excluding hydrogens is 388 g/mol. The van der Waals surface area contributed by atoms with Gasteiger partial charge in [-0.05, 0) is 68.3 Å². The Morgan fingerprint density at radius 2 is 1.39 bits per heavy atom. The average molecular weight is 421 g/mol. The summed E-state index contributed by atoms with van der Waals surface area (Å²) >= 11 is 0. The minimum atomic E-state index is -0.335. The molecule has 0 saturated carbocycles. The molecule has 5 heteroatoms. The maximum atomic E-state index is 11.7. The van der Waals surface area contributed by atoms with Crippen molar-refractivity contribution in [3.05, 3.63) is 54.1 Å². The highest BCUT2D eigenvalue weighted by Gasteiger charge is 2.05. The van der Waals surface area contributed by atoms with E-state index in [1.54, 1.807) is 31.2 Å². The zero-order valence-corrected chi connectivity index (χ0v) is 18.4. The maximum Gasteiger partial charge on any atom is 0.338 e. The van der Waals surface area contributed by atoms with Crippen molar-refractivity contribution in [1.82, 2.24) is 0 Å². The molecule has 0 heterocycles. The molecule has 2 aromatic rings. The molecule has 0 N–H and O–H groups in total. The van der Waals surface area contributed by atoms with E-state index in [1.165, 1.54) is 32.1 Å². The van der Waals surface area contributed by atoms with E-state index in [4.69, 9.17) is 15.9 Å². The third-order valence-corrected chi connectivity index (χ3v) is 4.73. The lowest BCUT2D eigenvalue weighted by Gasteiger charge is -2.06. The van der Waals surface area contributed by atoms with E-state index in [-0.39, 0.29) is 5.97 Å². The summed E-state index contributed by atoms with van der Waals surface area (Å²) in [6.45, 7) is 2.86. The highest BCUT2D eigenvalue weighted by atomic mass is 16.5. The summed E-state index contributed by atoms with van der Waals surface area (Å²) in [5, 5.41) is 8.43. The summed E-state index contributed by atoms with van der Waals surface area (Å²) in [6.07, 6.45) is 14.6. The van der Waals surface area contributed by atoms with Crippen molar-refractivity contribution in [3.63, 3.8) is 0 Å². The predicted octanol–water partition coefficient (Wildman–Crippen LogP) is 7.41. The fraction of sp³-hybridized carbons (Fsp3) is 0.423. The van der Waals surface area contributed by atoms with E-state index in [9.17, 15) is 4.79 Å². The zero-order chi connectivity index (χ0) is 22.2. The van der Waals surface area contributed by atoms with Gasteiger partial charge in [-0.15, -0.1) is 12.3 Å². The van der Waals surface area contributed by atoms with Gasteiger partial charge in [-0.1, -0.05) is 32.1 Å². The number of terminal acetylenes is 1. The fourth-order valence-electron chi connectivity index (χ4n) is 3.01. The number of ether oxygens (including phenoxy) is 2. The second kappa shape index (κ2) is 14.8. The smallest absolute Gasteiger partial charge is 0.338 e. The van der Waals surface area contributed by atoms with Crippen LogP contribution in [-0.4, -0.2) is 19.2 Å². The Morgan fingerprint density at radius 3 is 1.97 bits per heavy atom. The Kier molecular flexibility index (Phi) is 11.5. The van der Waals surface area contributed by atoms with Crippen molar-refractivity contribution in [3.8, 4) is 18.1 Å². The summed E-state index contributed by atoms with van der Waals surface area (Å²) < 4.78 is 10.8. The maximum absolute atomic E-state index is 11.7. The van der Waals surface area contributed by atoms with Gasteiger partial charge in [-0.3, -0.25) is 0 Å². The van der Waals surface area contributed by atoms with Gasteiger partial charge in [0.15, 0.2) is 0 Å². The van der Waals surface area contributed by atoms with Crippen LogP contribution in [-0.2, 0) is 4.74 Å². The molecule has 0 aliphatic rings. The Labute approximate surface area is 185 Å². The summed E-state index contributed by atoms with van der Waals surface area (Å²) in [5.74, 6) is 3.19. The van der Waals surface area contributed by atoms with E-state index in [0.717, 1.165) is 37.3 Å². The van der Waals surface area contributed by atoms with E-state index < -0.39 is 0 Å². The standard InChI is InChI=1S/C26H32N2O3/c1-3-5-6-7-8-9-10-11-12-21-31-25-19-17-24(18-20-25)28-27-23-15-13-22(14-16-23)26(29)30-4-2/h1,13-20H,4-12,21H2,2H3. The normalized spacial score (nSPS) is 10.7. The fourth-order valence-corrected chi connectivity index (χ4v) is 3.01. The molecule has 31 heavy (non-hydrogen) atoms. The van der Waals surface area contributed by atoms with Crippen molar-refractivity contribution >= 4 is 17.3 Å². The molecule has 0 aliphatic carbocycles.